The lowest BCUT2D eigenvalue weighted by molar-refractivity contribution is 0.562. The van der Waals surface area contributed by atoms with Gasteiger partial charge in [0.05, 0.1) is 5.69 Å². The van der Waals surface area contributed by atoms with E-state index < -0.39 is 0 Å². The summed E-state index contributed by atoms with van der Waals surface area (Å²) in [6, 6.07) is 15.4. The van der Waals surface area contributed by atoms with Gasteiger partial charge in [-0.1, -0.05) is 97.9 Å². The molecule has 0 saturated carbocycles. The summed E-state index contributed by atoms with van der Waals surface area (Å²) in [5.74, 6) is 1.47. The van der Waals surface area contributed by atoms with E-state index in [-0.39, 0.29) is 10.8 Å². The zero-order chi connectivity index (χ0) is 20.7. The Balaban J connectivity index is 2.36. The molecule has 0 N–H and O–H groups in total. The van der Waals surface area contributed by atoms with Crippen molar-refractivity contribution < 1.29 is 0 Å². The molecule has 0 unspecified atom stereocenters. The van der Waals surface area contributed by atoms with Crippen molar-refractivity contribution in [1.82, 2.24) is 9.55 Å². The van der Waals surface area contributed by atoms with Crippen LogP contribution in [0.3, 0.4) is 0 Å². The van der Waals surface area contributed by atoms with Crippen molar-refractivity contribution in [3.63, 3.8) is 0 Å². The van der Waals surface area contributed by atoms with E-state index in [0.29, 0.717) is 5.92 Å². The molecule has 0 atom stereocenters. The molecule has 0 radical (unpaired) electrons. The van der Waals surface area contributed by atoms with Crippen molar-refractivity contribution in [2.45, 2.75) is 72.1 Å². The molecule has 0 aliphatic rings. The Hall–Kier alpha value is -2.35. The van der Waals surface area contributed by atoms with E-state index in [1.165, 1.54) is 27.9 Å². The van der Waals surface area contributed by atoms with Crippen LogP contribution < -0.4 is 0 Å². The van der Waals surface area contributed by atoms with E-state index in [2.05, 4.69) is 109 Å². The van der Waals surface area contributed by atoms with Gasteiger partial charge in [-0.05, 0) is 33.4 Å². The third-order valence-electron chi connectivity index (χ3n) is 5.36. The summed E-state index contributed by atoms with van der Waals surface area (Å²) in [6.07, 6.45) is 4.05. The van der Waals surface area contributed by atoms with Crippen molar-refractivity contribution in [3.8, 4) is 17.1 Å². The molecule has 0 bridgehead atoms. The number of benzene rings is 2. The fraction of sp³-hybridized carbons (Fsp3) is 0.423. The fourth-order valence-corrected chi connectivity index (χ4v) is 3.90. The molecule has 2 heteroatoms. The van der Waals surface area contributed by atoms with Crippen LogP contribution in [0.15, 0.2) is 54.9 Å². The summed E-state index contributed by atoms with van der Waals surface area (Å²) in [5, 5.41) is 0. The van der Waals surface area contributed by atoms with Crippen molar-refractivity contribution in [1.29, 1.82) is 0 Å². The summed E-state index contributed by atoms with van der Waals surface area (Å²) in [5.41, 5.74) is 6.59. The van der Waals surface area contributed by atoms with Gasteiger partial charge in [-0.3, -0.25) is 4.57 Å². The lowest BCUT2D eigenvalue weighted by Gasteiger charge is -2.31. The Morgan fingerprint density at radius 2 is 1.36 bits per heavy atom. The van der Waals surface area contributed by atoms with E-state index in [9.17, 15) is 0 Å². The molecule has 3 rings (SSSR count). The highest BCUT2D eigenvalue weighted by Gasteiger charge is 2.28. The standard InChI is InChI=1S/C26H34N2/c1-18(2)19-12-9-10-13-20(19)24-27-16-17-28(24)23-21(25(3,4)5)14-11-15-22(23)26(6,7)8/h9-18H,1-8H3. The molecular formula is C26H34N2. The van der Waals surface area contributed by atoms with Crippen LogP contribution in [0.2, 0.25) is 0 Å². The van der Waals surface area contributed by atoms with E-state index in [1.807, 2.05) is 6.20 Å². The average molecular weight is 375 g/mol. The molecule has 0 fully saturated rings. The van der Waals surface area contributed by atoms with Crippen LogP contribution in [0.1, 0.15) is 78.0 Å². The van der Waals surface area contributed by atoms with Crippen LogP contribution in [0.5, 0.6) is 0 Å². The van der Waals surface area contributed by atoms with Crippen LogP contribution in [0.4, 0.5) is 0 Å². The minimum atomic E-state index is 0.0374. The van der Waals surface area contributed by atoms with Gasteiger partial charge in [-0.25, -0.2) is 4.98 Å². The maximum Gasteiger partial charge on any atom is 0.144 e. The van der Waals surface area contributed by atoms with E-state index >= 15 is 0 Å². The van der Waals surface area contributed by atoms with Crippen molar-refractivity contribution in [2.75, 3.05) is 0 Å². The Kier molecular flexibility index (Phi) is 5.27. The Morgan fingerprint density at radius 3 is 1.89 bits per heavy atom. The van der Waals surface area contributed by atoms with Gasteiger partial charge in [0, 0.05) is 18.0 Å². The number of hydrogen-bond donors (Lipinski definition) is 0. The molecule has 28 heavy (non-hydrogen) atoms. The van der Waals surface area contributed by atoms with Gasteiger partial charge in [0.2, 0.25) is 0 Å². The van der Waals surface area contributed by atoms with Gasteiger partial charge < -0.3 is 0 Å². The lowest BCUT2D eigenvalue weighted by Crippen LogP contribution is -2.22. The van der Waals surface area contributed by atoms with Crippen LogP contribution in [0.25, 0.3) is 17.1 Å². The smallest absolute Gasteiger partial charge is 0.144 e. The fourth-order valence-electron chi connectivity index (χ4n) is 3.90. The summed E-state index contributed by atoms with van der Waals surface area (Å²) < 4.78 is 2.31. The topological polar surface area (TPSA) is 17.8 Å². The number of para-hydroxylation sites is 1. The molecule has 2 aromatic carbocycles. The quantitative estimate of drug-likeness (QED) is 0.472. The number of hydrogen-bond acceptors (Lipinski definition) is 1. The minimum absolute atomic E-state index is 0.0374. The summed E-state index contributed by atoms with van der Waals surface area (Å²) in [7, 11) is 0. The Labute approximate surface area is 170 Å². The normalized spacial score (nSPS) is 12.6. The minimum Gasteiger partial charge on any atom is -0.299 e. The van der Waals surface area contributed by atoms with Gasteiger partial charge >= 0.3 is 0 Å². The third-order valence-corrected chi connectivity index (χ3v) is 5.36. The highest BCUT2D eigenvalue weighted by molar-refractivity contribution is 5.66. The first-order valence-electron chi connectivity index (χ1n) is 10.3. The average Bonchev–Trinajstić information content (AvgIpc) is 3.08. The van der Waals surface area contributed by atoms with Gasteiger partial charge in [-0.15, -0.1) is 0 Å². The maximum atomic E-state index is 4.82. The summed E-state index contributed by atoms with van der Waals surface area (Å²) >= 11 is 0. The largest absolute Gasteiger partial charge is 0.299 e. The second-order valence-electron chi connectivity index (χ2n) is 10.1. The van der Waals surface area contributed by atoms with Gasteiger partial charge in [0.1, 0.15) is 5.82 Å². The van der Waals surface area contributed by atoms with Gasteiger partial charge in [0.25, 0.3) is 0 Å². The number of rotatable bonds is 3. The SMILES string of the molecule is CC(C)c1ccccc1-c1nccn1-c1c(C(C)(C)C)cccc1C(C)(C)C. The highest BCUT2D eigenvalue weighted by Crippen LogP contribution is 2.39. The number of aromatic nitrogens is 2. The van der Waals surface area contributed by atoms with Gasteiger partial charge in [0.15, 0.2) is 0 Å². The first-order valence-corrected chi connectivity index (χ1v) is 10.3. The molecule has 1 aromatic heterocycles. The van der Waals surface area contributed by atoms with E-state index in [0.717, 1.165) is 5.82 Å². The van der Waals surface area contributed by atoms with Crippen molar-refractivity contribution in [3.05, 3.63) is 71.5 Å². The molecule has 0 aliphatic heterocycles. The first-order chi connectivity index (χ1) is 13.0. The molecule has 0 spiro atoms. The zero-order valence-electron chi connectivity index (χ0n) is 18.7. The zero-order valence-corrected chi connectivity index (χ0v) is 18.7. The first kappa shape index (κ1) is 20.4. The molecular weight excluding hydrogens is 340 g/mol. The van der Waals surface area contributed by atoms with E-state index in [4.69, 9.17) is 4.98 Å². The molecule has 1 heterocycles. The van der Waals surface area contributed by atoms with Crippen molar-refractivity contribution in [2.24, 2.45) is 0 Å². The number of nitrogens with zero attached hydrogens (tertiary/aromatic N) is 2. The second-order valence-corrected chi connectivity index (χ2v) is 10.1. The van der Waals surface area contributed by atoms with Crippen LogP contribution >= 0.6 is 0 Å². The molecule has 2 nitrogen and oxygen atoms in total. The van der Waals surface area contributed by atoms with Crippen LogP contribution in [-0.2, 0) is 10.8 Å². The predicted molar refractivity (Wildman–Crippen MR) is 120 cm³/mol. The summed E-state index contributed by atoms with van der Waals surface area (Å²) in [4.78, 5) is 4.82. The highest BCUT2D eigenvalue weighted by atomic mass is 15.1. The van der Waals surface area contributed by atoms with E-state index in [1.54, 1.807) is 0 Å². The monoisotopic (exact) mass is 374 g/mol. The second kappa shape index (κ2) is 7.24. The Bertz CT molecular complexity index is 930. The molecule has 0 amide bonds. The lowest BCUT2D eigenvalue weighted by atomic mass is 9.78. The molecule has 0 saturated heterocycles. The third kappa shape index (κ3) is 3.78. The van der Waals surface area contributed by atoms with Crippen molar-refractivity contribution >= 4 is 0 Å². The molecule has 0 aliphatic carbocycles. The molecule has 148 valence electrons. The number of imidazole rings is 1. The van der Waals surface area contributed by atoms with Gasteiger partial charge in [-0.2, -0.15) is 0 Å². The summed E-state index contributed by atoms with van der Waals surface area (Å²) in [6.45, 7) is 18.2. The molecule has 3 aromatic rings. The van der Waals surface area contributed by atoms with Crippen LogP contribution in [0, 0.1) is 0 Å². The Morgan fingerprint density at radius 1 is 0.786 bits per heavy atom. The maximum absolute atomic E-state index is 4.82. The van der Waals surface area contributed by atoms with Crippen LogP contribution in [-0.4, -0.2) is 9.55 Å². The predicted octanol–water partition coefficient (Wildman–Crippen LogP) is 7.26.